The number of nitrogens with zero attached hydrogens (tertiary/aromatic N) is 1. The molecule has 140 valence electrons. The first-order valence-electron chi connectivity index (χ1n) is 9.83. The minimum atomic E-state index is 0. The van der Waals surface area contributed by atoms with E-state index in [0.29, 0.717) is 12.5 Å². The zero-order chi connectivity index (χ0) is 16.8. The van der Waals surface area contributed by atoms with Crippen molar-refractivity contribution in [2.75, 3.05) is 19.6 Å². The summed E-state index contributed by atoms with van der Waals surface area (Å²) in [5, 5.41) is 3.68. The highest BCUT2D eigenvalue weighted by atomic mass is 35.5. The standard InChI is InChI=1S/C21H32N2O.ClH/c1-2-3-4-17-5-7-18(8-6-17)15-21(24)23-13-11-20(12-14-23)22-16-19-9-10-19;/h5-8,19-20,22H,2-4,9-16H2,1H3;1H. The monoisotopic (exact) mass is 364 g/mol. The van der Waals surface area contributed by atoms with Crippen molar-refractivity contribution >= 4 is 18.3 Å². The summed E-state index contributed by atoms with van der Waals surface area (Å²) in [6, 6.07) is 9.26. The molecule has 1 aliphatic carbocycles. The topological polar surface area (TPSA) is 32.3 Å². The third-order valence-corrected chi connectivity index (χ3v) is 5.44. The highest BCUT2D eigenvalue weighted by molar-refractivity contribution is 5.85. The van der Waals surface area contributed by atoms with Gasteiger partial charge in [-0.2, -0.15) is 0 Å². The van der Waals surface area contributed by atoms with Crippen LogP contribution in [-0.2, 0) is 17.6 Å². The zero-order valence-electron chi connectivity index (χ0n) is 15.5. The first kappa shape index (κ1) is 20.3. The summed E-state index contributed by atoms with van der Waals surface area (Å²) in [6.07, 6.45) is 9.18. The molecular formula is C21H33ClN2O. The first-order valence-corrected chi connectivity index (χ1v) is 9.83. The second kappa shape index (κ2) is 10.2. The molecule has 3 nitrogen and oxygen atoms in total. The number of unbranched alkanes of at least 4 members (excludes halogenated alkanes) is 1. The van der Waals surface area contributed by atoms with E-state index in [4.69, 9.17) is 0 Å². The Morgan fingerprint density at radius 1 is 1.08 bits per heavy atom. The van der Waals surface area contributed by atoms with E-state index in [0.717, 1.165) is 43.8 Å². The molecule has 1 saturated heterocycles. The van der Waals surface area contributed by atoms with E-state index >= 15 is 0 Å². The maximum atomic E-state index is 12.5. The zero-order valence-corrected chi connectivity index (χ0v) is 16.3. The summed E-state index contributed by atoms with van der Waals surface area (Å²) >= 11 is 0. The Balaban J connectivity index is 0.00000225. The van der Waals surface area contributed by atoms with Crippen molar-refractivity contribution < 1.29 is 4.79 Å². The second-order valence-electron chi connectivity index (χ2n) is 7.60. The Bertz CT molecular complexity index is 519. The predicted octanol–water partition coefficient (Wildman–Crippen LogP) is 3.98. The molecule has 1 heterocycles. The van der Waals surface area contributed by atoms with Crippen molar-refractivity contribution in [1.29, 1.82) is 0 Å². The minimum Gasteiger partial charge on any atom is -0.342 e. The van der Waals surface area contributed by atoms with Gasteiger partial charge in [-0.05, 0) is 62.1 Å². The third kappa shape index (κ3) is 6.63. The first-order chi connectivity index (χ1) is 11.7. The lowest BCUT2D eigenvalue weighted by Crippen LogP contribution is -2.45. The molecule has 1 saturated carbocycles. The van der Waals surface area contributed by atoms with E-state index in [-0.39, 0.29) is 18.3 Å². The number of amides is 1. The Morgan fingerprint density at radius 2 is 1.72 bits per heavy atom. The van der Waals surface area contributed by atoms with Crippen molar-refractivity contribution in [2.24, 2.45) is 5.92 Å². The Kier molecular flexibility index (Phi) is 8.25. The highest BCUT2D eigenvalue weighted by Crippen LogP contribution is 2.28. The molecule has 0 radical (unpaired) electrons. The van der Waals surface area contributed by atoms with E-state index in [1.807, 2.05) is 0 Å². The normalized spacial score (nSPS) is 18.0. The van der Waals surface area contributed by atoms with Crippen molar-refractivity contribution in [3.8, 4) is 0 Å². The number of rotatable bonds is 8. The maximum Gasteiger partial charge on any atom is 0.226 e. The lowest BCUT2D eigenvalue weighted by Gasteiger charge is -2.32. The van der Waals surface area contributed by atoms with Crippen LogP contribution in [0.1, 0.15) is 56.6 Å². The highest BCUT2D eigenvalue weighted by Gasteiger charge is 2.25. The maximum absolute atomic E-state index is 12.5. The lowest BCUT2D eigenvalue weighted by atomic mass is 10.0. The molecule has 0 unspecified atom stereocenters. The summed E-state index contributed by atoms with van der Waals surface area (Å²) < 4.78 is 0. The number of carbonyl (C=O) groups excluding carboxylic acids is 1. The average Bonchev–Trinajstić information content (AvgIpc) is 3.44. The molecule has 0 spiro atoms. The Morgan fingerprint density at radius 3 is 2.32 bits per heavy atom. The largest absolute Gasteiger partial charge is 0.342 e. The molecule has 0 aromatic heterocycles. The second-order valence-corrected chi connectivity index (χ2v) is 7.60. The van der Waals surface area contributed by atoms with Gasteiger partial charge in [-0.3, -0.25) is 4.79 Å². The van der Waals surface area contributed by atoms with Crippen molar-refractivity contribution in [2.45, 2.75) is 64.3 Å². The van der Waals surface area contributed by atoms with Gasteiger partial charge in [0.05, 0.1) is 6.42 Å². The molecule has 3 rings (SSSR count). The smallest absolute Gasteiger partial charge is 0.226 e. The summed E-state index contributed by atoms with van der Waals surface area (Å²) in [7, 11) is 0. The minimum absolute atomic E-state index is 0. The molecule has 4 heteroatoms. The van der Waals surface area contributed by atoms with Gasteiger partial charge in [-0.1, -0.05) is 37.6 Å². The lowest BCUT2D eigenvalue weighted by molar-refractivity contribution is -0.131. The predicted molar refractivity (Wildman–Crippen MR) is 106 cm³/mol. The van der Waals surface area contributed by atoms with Crippen LogP contribution in [0.3, 0.4) is 0 Å². The van der Waals surface area contributed by atoms with Gasteiger partial charge in [-0.15, -0.1) is 12.4 Å². The fraction of sp³-hybridized carbons (Fsp3) is 0.667. The number of likely N-dealkylation sites (tertiary alicyclic amines) is 1. The van der Waals surface area contributed by atoms with Crippen LogP contribution in [0.5, 0.6) is 0 Å². The van der Waals surface area contributed by atoms with Crippen molar-refractivity contribution in [3.63, 3.8) is 0 Å². The van der Waals surface area contributed by atoms with Crippen LogP contribution < -0.4 is 5.32 Å². The molecule has 1 aliphatic heterocycles. The summed E-state index contributed by atoms with van der Waals surface area (Å²) in [6.45, 7) is 5.23. The van der Waals surface area contributed by atoms with Crippen LogP contribution in [0.2, 0.25) is 0 Å². The molecule has 1 amide bonds. The molecular weight excluding hydrogens is 332 g/mol. The number of halogens is 1. The molecule has 1 aromatic rings. The van der Waals surface area contributed by atoms with Crippen LogP contribution >= 0.6 is 12.4 Å². The van der Waals surface area contributed by atoms with Gasteiger partial charge < -0.3 is 10.2 Å². The van der Waals surface area contributed by atoms with Crippen LogP contribution in [0.25, 0.3) is 0 Å². The molecule has 1 N–H and O–H groups in total. The summed E-state index contributed by atoms with van der Waals surface area (Å²) in [5.41, 5.74) is 2.53. The van der Waals surface area contributed by atoms with Gasteiger partial charge in [0, 0.05) is 19.1 Å². The quantitative estimate of drug-likeness (QED) is 0.756. The van der Waals surface area contributed by atoms with Gasteiger partial charge in [0.2, 0.25) is 5.91 Å². The number of aryl methyl sites for hydroxylation is 1. The molecule has 25 heavy (non-hydrogen) atoms. The van der Waals surface area contributed by atoms with E-state index in [1.54, 1.807) is 0 Å². The average molecular weight is 365 g/mol. The number of piperidine rings is 1. The number of carbonyl (C=O) groups is 1. The van der Waals surface area contributed by atoms with Crippen molar-refractivity contribution in [1.82, 2.24) is 10.2 Å². The number of benzene rings is 1. The van der Waals surface area contributed by atoms with Crippen LogP contribution in [-0.4, -0.2) is 36.5 Å². The SMILES string of the molecule is CCCCc1ccc(CC(=O)N2CCC(NCC3CC3)CC2)cc1.Cl. The summed E-state index contributed by atoms with van der Waals surface area (Å²) in [5.74, 6) is 1.22. The molecule has 2 aliphatic rings. The van der Waals surface area contributed by atoms with E-state index in [2.05, 4.69) is 41.4 Å². The number of nitrogens with one attached hydrogen (secondary N) is 1. The fourth-order valence-corrected chi connectivity index (χ4v) is 3.48. The van der Waals surface area contributed by atoms with E-state index in [1.165, 1.54) is 37.8 Å². The van der Waals surface area contributed by atoms with Gasteiger partial charge in [0.15, 0.2) is 0 Å². The van der Waals surface area contributed by atoms with Crippen LogP contribution in [0.4, 0.5) is 0 Å². The fourth-order valence-electron chi connectivity index (χ4n) is 3.48. The molecule has 2 fully saturated rings. The van der Waals surface area contributed by atoms with Gasteiger partial charge in [0.25, 0.3) is 0 Å². The number of hydrogen-bond donors (Lipinski definition) is 1. The molecule has 0 bridgehead atoms. The van der Waals surface area contributed by atoms with Gasteiger partial charge >= 0.3 is 0 Å². The molecule has 1 aromatic carbocycles. The molecule has 0 atom stereocenters. The van der Waals surface area contributed by atoms with E-state index < -0.39 is 0 Å². The third-order valence-electron chi connectivity index (χ3n) is 5.44. The van der Waals surface area contributed by atoms with Crippen LogP contribution in [0.15, 0.2) is 24.3 Å². The van der Waals surface area contributed by atoms with E-state index in [9.17, 15) is 4.79 Å². The van der Waals surface area contributed by atoms with Crippen molar-refractivity contribution in [3.05, 3.63) is 35.4 Å². The Hall–Kier alpha value is -1.06. The van der Waals surface area contributed by atoms with Gasteiger partial charge in [-0.25, -0.2) is 0 Å². The Labute approximate surface area is 159 Å². The van der Waals surface area contributed by atoms with Crippen LogP contribution in [0, 0.1) is 5.92 Å². The summed E-state index contributed by atoms with van der Waals surface area (Å²) in [4.78, 5) is 14.6. The number of hydrogen-bond acceptors (Lipinski definition) is 2. The van der Waals surface area contributed by atoms with Gasteiger partial charge in [0.1, 0.15) is 0 Å².